The van der Waals surface area contributed by atoms with E-state index in [9.17, 15) is 12.8 Å². The van der Waals surface area contributed by atoms with Crippen LogP contribution in [-0.4, -0.2) is 51.4 Å². The first-order valence-electron chi connectivity index (χ1n) is 6.28. The molecule has 4 nitrogen and oxygen atoms in total. The molecule has 0 fully saturated rings. The van der Waals surface area contributed by atoms with Gasteiger partial charge in [0.15, 0.2) is 0 Å². The zero-order chi connectivity index (χ0) is 14.5. The number of benzene rings is 1. The van der Waals surface area contributed by atoms with Gasteiger partial charge < -0.3 is 4.90 Å². The predicted octanol–water partition coefficient (Wildman–Crippen LogP) is 1.79. The van der Waals surface area contributed by atoms with Crippen LogP contribution in [-0.2, 0) is 10.0 Å². The summed E-state index contributed by atoms with van der Waals surface area (Å²) in [4.78, 5) is 2.02. The highest BCUT2D eigenvalue weighted by molar-refractivity contribution is 7.89. The summed E-state index contributed by atoms with van der Waals surface area (Å²) >= 11 is 0. The quantitative estimate of drug-likeness (QED) is 0.768. The molecule has 1 aromatic rings. The molecule has 0 aromatic heterocycles. The molecule has 0 saturated carbocycles. The molecule has 19 heavy (non-hydrogen) atoms. The van der Waals surface area contributed by atoms with Gasteiger partial charge in [0.1, 0.15) is 5.82 Å². The van der Waals surface area contributed by atoms with Crippen LogP contribution >= 0.6 is 0 Å². The van der Waals surface area contributed by atoms with E-state index >= 15 is 0 Å². The van der Waals surface area contributed by atoms with Crippen molar-refractivity contribution < 1.29 is 12.8 Å². The van der Waals surface area contributed by atoms with Crippen molar-refractivity contribution in [1.29, 1.82) is 0 Å². The maximum Gasteiger partial charge on any atom is 0.243 e. The Hall–Kier alpha value is -0.980. The molecule has 0 atom stereocenters. The molecule has 0 saturated heterocycles. The zero-order valence-corrected chi connectivity index (χ0v) is 12.5. The number of rotatable bonds is 7. The van der Waals surface area contributed by atoms with Crippen LogP contribution in [0.1, 0.15) is 13.3 Å². The van der Waals surface area contributed by atoms with E-state index < -0.39 is 15.8 Å². The van der Waals surface area contributed by atoms with Crippen molar-refractivity contribution in [1.82, 2.24) is 9.21 Å². The fourth-order valence-electron chi connectivity index (χ4n) is 1.79. The second kappa shape index (κ2) is 6.98. The van der Waals surface area contributed by atoms with Gasteiger partial charge in [-0.2, -0.15) is 4.31 Å². The Balaban J connectivity index is 2.84. The molecule has 0 bridgehead atoms. The lowest BCUT2D eigenvalue weighted by Crippen LogP contribution is -2.33. The van der Waals surface area contributed by atoms with Crippen LogP contribution in [0.3, 0.4) is 0 Å². The van der Waals surface area contributed by atoms with E-state index in [1.807, 2.05) is 19.0 Å². The Morgan fingerprint density at radius 3 is 2.42 bits per heavy atom. The van der Waals surface area contributed by atoms with Gasteiger partial charge in [-0.1, -0.05) is 13.0 Å². The van der Waals surface area contributed by atoms with Gasteiger partial charge in [0.25, 0.3) is 0 Å². The summed E-state index contributed by atoms with van der Waals surface area (Å²) in [6, 6.07) is 5.13. The van der Waals surface area contributed by atoms with Crippen LogP contribution in [0.15, 0.2) is 29.2 Å². The number of nitrogens with zero attached hydrogens (tertiary/aromatic N) is 2. The van der Waals surface area contributed by atoms with Crippen molar-refractivity contribution >= 4 is 10.0 Å². The van der Waals surface area contributed by atoms with E-state index in [2.05, 4.69) is 0 Å². The topological polar surface area (TPSA) is 40.6 Å². The van der Waals surface area contributed by atoms with E-state index in [0.717, 1.165) is 19.0 Å². The molecule has 1 aromatic carbocycles. The molecule has 0 aliphatic heterocycles. The third-order valence-corrected chi connectivity index (χ3v) is 4.77. The van der Waals surface area contributed by atoms with Crippen LogP contribution in [0.2, 0.25) is 0 Å². The van der Waals surface area contributed by atoms with Crippen LogP contribution in [0.5, 0.6) is 0 Å². The molecule has 6 heteroatoms. The fraction of sp³-hybridized carbons (Fsp3) is 0.538. The van der Waals surface area contributed by atoms with E-state index in [4.69, 9.17) is 0 Å². The Kier molecular flexibility index (Phi) is 5.90. The first-order chi connectivity index (χ1) is 8.87. The highest BCUT2D eigenvalue weighted by atomic mass is 32.2. The summed E-state index contributed by atoms with van der Waals surface area (Å²) in [5, 5.41) is 0. The molecule has 0 heterocycles. The van der Waals surface area contributed by atoms with Gasteiger partial charge in [-0.15, -0.1) is 0 Å². The molecule has 0 spiro atoms. The summed E-state index contributed by atoms with van der Waals surface area (Å²) in [6.45, 7) is 3.42. The van der Waals surface area contributed by atoms with Crippen LogP contribution in [0.4, 0.5) is 4.39 Å². The highest BCUT2D eigenvalue weighted by Gasteiger charge is 2.22. The lowest BCUT2D eigenvalue weighted by Gasteiger charge is -2.21. The number of hydrogen-bond donors (Lipinski definition) is 0. The minimum Gasteiger partial charge on any atom is -0.309 e. The van der Waals surface area contributed by atoms with Crippen molar-refractivity contribution in [2.75, 3.05) is 33.7 Å². The molecular formula is C13H21FN2O2S. The average Bonchev–Trinajstić information content (AvgIpc) is 2.34. The van der Waals surface area contributed by atoms with Gasteiger partial charge in [0, 0.05) is 13.1 Å². The van der Waals surface area contributed by atoms with Crippen molar-refractivity contribution in [2.24, 2.45) is 0 Å². The smallest absolute Gasteiger partial charge is 0.243 e. The SMILES string of the molecule is CCN(CCCN(C)C)S(=O)(=O)c1cccc(F)c1. The molecular weight excluding hydrogens is 267 g/mol. The van der Waals surface area contributed by atoms with Crippen LogP contribution < -0.4 is 0 Å². The standard InChI is InChI=1S/C13H21FN2O2S/c1-4-16(10-6-9-15(2)3)19(17,18)13-8-5-7-12(14)11-13/h5,7-8,11H,4,6,9-10H2,1-3H3. The summed E-state index contributed by atoms with van der Waals surface area (Å²) in [5.74, 6) is -0.537. The molecule has 108 valence electrons. The Labute approximate surface area is 114 Å². The third-order valence-electron chi connectivity index (χ3n) is 2.80. The van der Waals surface area contributed by atoms with E-state index in [1.165, 1.54) is 22.5 Å². The van der Waals surface area contributed by atoms with Crippen molar-refractivity contribution in [3.05, 3.63) is 30.1 Å². The Morgan fingerprint density at radius 2 is 1.89 bits per heavy atom. The minimum absolute atomic E-state index is 0.0132. The van der Waals surface area contributed by atoms with Gasteiger partial charge >= 0.3 is 0 Å². The van der Waals surface area contributed by atoms with E-state index in [-0.39, 0.29) is 4.90 Å². The van der Waals surface area contributed by atoms with Gasteiger partial charge in [-0.25, -0.2) is 12.8 Å². The van der Waals surface area contributed by atoms with Crippen molar-refractivity contribution in [3.8, 4) is 0 Å². The fourth-order valence-corrected chi connectivity index (χ4v) is 3.31. The normalized spacial score (nSPS) is 12.3. The molecule has 0 radical (unpaired) electrons. The van der Waals surface area contributed by atoms with Gasteiger partial charge in [-0.05, 0) is 45.3 Å². The summed E-state index contributed by atoms with van der Waals surface area (Å²) in [7, 11) is 0.287. The molecule has 0 aliphatic carbocycles. The highest BCUT2D eigenvalue weighted by Crippen LogP contribution is 2.16. The predicted molar refractivity (Wildman–Crippen MR) is 74.0 cm³/mol. The molecule has 0 aliphatic rings. The van der Waals surface area contributed by atoms with Crippen LogP contribution in [0, 0.1) is 5.82 Å². The third kappa shape index (κ3) is 4.56. The first-order valence-corrected chi connectivity index (χ1v) is 7.72. The zero-order valence-electron chi connectivity index (χ0n) is 11.6. The summed E-state index contributed by atoms with van der Waals surface area (Å²) < 4.78 is 39.2. The first kappa shape index (κ1) is 16.1. The molecule has 0 unspecified atom stereocenters. The minimum atomic E-state index is -3.60. The van der Waals surface area contributed by atoms with Crippen molar-refractivity contribution in [3.63, 3.8) is 0 Å². The Bertz CT molecular complexity index is 503. The number of hydrogen-bond acceptors (Lipinski definition) is 3. The van der Waals surface area contributed by atoms with E-state index in [0.29, 0.717) is 13.1 Å². The summed E-state index contributed by atoms with van der Waals surface area (Å²) in [5.41, 5.74) is 0. The monoisotopic (exact) mass is 288 g/mol. The maximum absolute atomic E-state index is 13.1. The number of sulfonamides is 1. The average molecular weight is 288 g/mol. The van der Waals surface area contributed by atoms with Crippen LogP contribution in [0.25, 0.3) is 0 Å². The van der Waals surface area contributed by atoms with Gasteiger partial charge in [-0.3, -0.25) is 0 Å². The number of halogens is 1. The van der Waals surface area contributed by atoms with Crippen molar-refractivity contribution in [2.45, 2.75) is 18.2 Å². The van der Waals surface area contributed by atoms with Gasteiger partial charge in [0.2, 0.25) is 10.0 Å². The summed E-state index contributed by atoms with van der Waals surface area (Å²) in [6.07, 6.45) is 0.745. The molecule has 0 amide bonds. The second-order valence-corrected chi connectivity index (χ2v) is 6.55. The lowest BCUT2D eigenvalue weighted by molar-refractivity contribution is 0.356. The molecule has 1 rings (SSSR count). The maximum atomic E-state index is 13.1. The Morgan fingerprint density at radius 1 is 1.21 bits per heavy atom. The van der Waals surface area contributed by atoms with Gasteiger partial charge in [0.05, 0.1) is 4.90 Å². The second-order valence-electron chi connectivity index (χ2n) is 4.61. The molecule has 0 N–H and O–H groups in total. The lowest BCUT2D eigenvalue weighted by atomic mass is 10.4. The largest absolute Gasteiger partial charge is 0.309 e. The van der Waals surface area contributed by atoms with E-state index in [1.54, 1.807) is 6.92 Å².